The molecule has 37 heavy (non-hydrogen) atoms. The number of carbonyl (C=O) groups is 1. The van der Waals surface area contributed by atoms with Gasteiger partial charge in [0, 0.05) is 61.3 Å². The summed E-state index contributed by atoms with van der Waals surface area (Å²) < 4.78 is 2.03. The Kier molecular flexibility index (Phi) is 5.16. The molecule has 1 amide bonds. The van der Waals surface area contributed by atoms with Gasteiger partial charge in [-0.3, -0.25) is 9.69 Å². The van der Waals surface area contributed by atoms with Gasteiger partial charge in [0.25, 0.3) is 5.91 Å². The molecule has 1 fully saturated rings. The normalized spacial score (nSPS) is 20.5. The van der Waals surface area contributed by atoms with Crippen molar-refractivity contribution < 1.29 is 4.79 Å². The summed E-state index contributed by atoms with van der Waals surface area (Å²) >= 11 is 0. The highest BCUT2D eigenvalue weighted by molar-refractivity contribution is 6.05. The van der Waals surface area contributed by atoms with Crippen LogP contribution in [0.4, 0.5) is 5.82 Å². The van der Waals surface area contributed by atoms with E-state index in [0.29, 0.717) is 35.9 Å². The van der Waals surface area contributed by atoms with Crippen LogP contribution >= 0.6 is 0 Å². The van der Waals surface area contributed by atoms with E-state index in [1.54, 1.807) is 24.9 Å². The number of aliphatic imine (C=N–C) groups is 1. The zero-order valence-corrected chi connectivity index (χ0v) is 21.4. The fourth-order valence-corrected chi connectivity index (χ4v) is 5.47. The first kappa shape index (κ1) is 23.3. The Morgan fingerprint density at radius 3 is 2.51 bits per heavy atom. The van der Waals surface area contributed by atoms with Gasteiger partial charge in [0.2, 0.25) is 0 Å². The van der Waals surface area contributed by atoms with Gasteiger partial charge in [-0.25, -0.2) is 29.9 Å². The smallest absolute Gasteiger partial charge is 0.250 e. The molecule has 2 aliphatic rings. The van der Waals surface area contributed by atoms with Crippen LogP contribution in [0, 0.1) is 12.3 Å². The lowest BCUT2D eigenvalue weighted by atomic mass is 9.76. The van der Waals surface area contributed by atoms with Crippen LogP contribution in [0.5, 0.6) is 0 Å². The zero-order valence-electron chi connectivity index (χ0n) is 21.4. The van der Waals surface area contributed by atoms with Crippen LogP contribution in [0.25, 0.3) is 33.8 Å². The Hall–Kier alpha value is -4.12. The Bertz CT molecular complexity index is 1550. The van der Waals surface area contributed by atoms with E-state index in [9.17, 15) is 4.79 Å². The molecule has 2 aliphatic heterocycles. The van der Waals surface area contributed by atoms with Crippen LogP contribution in [0.3, 0.4) is 0 Å². The van der Waals surface area contributed by atoms with Crippen molar-refractivity contribution in [2.45, 2.75) is 39.8 Å². The molecule has 4 aromatic heterocycles. The Labute approximate surface area is 214 Å². The summed E-state index contributed by atoms with van der Waals surface area (Å²) in [7, 11) is 0. The van der Waals surface area contributed by atoms with Gasteiger partial charge in [0.05, 0.1) is 5.56 Å². The number of aromatic nitrogens is 7. The quantitative estimate of drug-likeness (QED) is 0.404. The van der Waals surface area contributed by atoms with Gasteiger partial charge in [-0.2, -0.15) is 0 Å². The number of nitrogens with zero attached hydrogens (tertiary/aromatic N) is 9. The third-order valence-electron chi connectivity index (χ3n) is 7.52. The van der Waals surface area contributed by atoms with E-state index in [-0.39, 0.29) is 11.3 Å². The minimum Gasteiger partial charge on any atom is -0.309 e. The summed E-state index contributed by atoms with van der Waals surface area (Å²) in [5.74, 6) is 1.92. The number of rotatable bonds is 6. The van der Waals surface area contributed by atoms with Crippen molar-refractivity contribution >= 4 is 29.6 Å². The van der Waals surface area contributed by atoms with Crippen molar-refractivity contribution in [1.82, 2.24) is 39.4 Å². The standard InChI is InChI=1S/C26H28N10O/c1-6-36-22(17-9-28-15(2)29-10-17)33-20-19(31-14-32-23(20)36)16-7-18-21(30-8-16)34-24(37)26(18,4)35-12-25(3,13-35)11-27-5/h7-10,14H,5-6,11-13H2,1-4H3,(H,30,34,37). The summed E-state index contributed by atoms with van der Waals surface area (Å²) in [5, 5.41) is 2.97. The first-order valence-electron chi connectivity index (χ1n) is 12.3. The van der Waals surface area contributed by atoms with Crippen LogP contribution in [0.15, 0.2) is 36.0 Å². The van der Waals surface area contributed by atoms with Crippen molar-refractivity contribution in [3.8, 4) is 22.6 Å². The lowest BCUT2D eigenvalue weighted by Crippen LogP contribution is -2.65. The average Bonchev–Trinajstić information content (AvgIpc) is 3.37. The predicted molar refractivity (Wildman–Crippen MR) is 140 cm³/mol. The topological polar surface area (TPSA) is 127 Å². The first-order valence-corrected chi connectivity index (χ1v) is 12.3. The molecule has 0 bridgehead atoms. The number of anilines is 1. The largest absolute Gasteiger partial charge is 0.309 e. The van der Waals surface area contributed by atoms with E-state index in [0.717, 1.165) is 41.3 Å². The molecule has 188 valence electrons. The number of likely N-dealkylation sites (tertiary alicyclic amines) is 1. The molecule has 11 heteroatoms. The van der Waals surface area contributed by atoms with Gasteiger partial charge in [-0.15, -0.1) is 0 Å². The second-order valence-electron chi connectivity index (χ2n) is 10.3. The maximum atomic E-state index is 13.2. The number of imidazole rings is 1. The first-order chi connectivity index (χ1) is 17.8. The highest BCUT2D eigenvalue weighted by atomic mass is 16.2. The van der Waals surface area contributed by atoms with Crippen LogP contribution < -0.4 is 5.32 Å². The highest BCUT2D eigenvalue weighted by Gasteiger charge is 2.55. The summed E-state index contributed by atoms with van der Waals surface area (Å²) in [6.45, 7) is 14.5. The van der Waals surface area contributed by atoms with Gasteiger partial charge >= 0.3 is 0 Å². The third-order valence-corrected chi connectivity index (χ3v) is 7.52. The second-order valence-corrected chi connectivity index (χ2v) is 10.3. The fraction of sp³-hybridized carbons (Fsp3) is 0.385. The van der Waals surface area contributed by atoms with Gasteiger partial charge in [0.15, 0.2) is 5.65 Å². The van der Waals surface area contributed by atoms with E-state index >= 15 is 0 Å². The van der Waals surface area contributed by atoms with E-state index in [2.05, 4.69) is 53.8 Å². The number of carbonyl (C=O) groups excluding carboxylic acids is 1. The minimum absolute atomic E-state index is 0.0146. The molecule has 1 N–H and O–H groups in total. The minimum atomic E-state index is -0.835. The Morgan fingerprint density at radius 2 is 1.81 bits per heavy atom. The Balaban J connectivity index is 1.45. The van der Waals surface area contributed by atoms with Crippen molar-refractivity contribution in [2.75, 3.05) is 25.0 Å². The number of amides is 1. The van der Waals surface area contributed by atoms with Gasteiger partial charge in [0.1, 0.15) is 40.5 Å². The SMILES string of the molecule is C=NCC1(C)CN(C2(C)C(=O)Nc3ncc(-c4ncnc5c4nc(-c4cnc(C)nc4)n5CC)cc32)C1. The summed E-state index contributed by atoms with van der Waals surface area (Å²) in [6.07, 6.45) is 6.81. The van der Waals surface area contributed by atoms with Gasteiger partial charge in [-0.05, 0) is 33.6 Å². The lowest BCUT2D eigenvalue weighted by Gasteiger charge is -2.53. The maximum absolute atomic E-state index is 13.2. The van der Waals surface area contributed by atoms with E-state index in [1.165, 1.54) is 0 Å². The molecule has 6 rings (SSSR count). The van der Waals surface area contributed by atoms with Crippen molar-refractivity contribution in [1.29, 1.82) is 0 Å². The molecule has 6 heterocycles. The molecule has 1 unspecified atom stereocenters. The number of hydrogen-bond acceptors (Lipinski definition) is 9. The number of nitrogens with one attached hydrogen (secondary N) is 1. The molecular formula is C26H28N10O. The third kappa shape index (κ3) is 3.45. The van der Waals surface area contributed by atoms with Crippen LogP contribution in [0.2, 0.25) is 0 Å². The second kappa shape index (κ2) is 8.20. The average molecular weight is 497 g/mol. The van der Waals surface area contributed by atoms with Crippen molar-refractivity contribution in [3.63, 3.8) is 0 Å². The monoisotopic (exact) mass is 496 g/mol. The van der Waals surface area contributed by atoms with Gasteiger partial charge in [-0.1, -0.05) is 6.92 Å². The van der Waals surface area contributed by atoms with Crippen molar-refractivity contribution in [3.05, 3.63) is 42.4 Å². The molecule has 0 spiro atoms. The van der Waals surface area contributed by atoms with Gasteiger partial charge < -0.3 is 14.9 Å². The number of fused-ring (bicyclic) bond motifs is 2. The van der Waals surface area contributed by atoms with Crippen molar-refractivity contribution in [2.24, 2.45) is 10.4 Å². The maximum Gasteiger partial charge on any atom is 0.250 e. The summed E-state index contributed by atoms with van der Waals surface area (Å²) in [4.78, 5) is 46.8. The molecule has 4 aromatic rings. The van der Waals surface area contributed by atoms with Crippen LogP contribution in [-0.2, 0) is 16.9 Å². The van der Waals surface area contributed by atoms with E-state index < -0.39 is 5.54 Å². The number of pyridine rings is 1. The Morgan fingerprint density at radius 1 is 1.08 bits per heavy atom. The summed E-state index contributed by atoms with van der Waals surface area (Å²) in [6, 6.07) is 2.00. The van der Waals surface area contributed by atoms with E-state index in [1.807, 2.05) is 31.4 Å². The molecule has 0 saturated carbocycles. The van der Waals surface area contributed by atoms with Crippen LogP contribution in [0.1, 0.15) is 32.2 Å². The number of hydrogen-bond donors (Lipinski definition) is 1. The number of aryl methyl sites for hydroxylation is 2. The summed E-state index contributed by atoms with van der Waals surface area (Å²) in [5.41, 5.74) is 3.63. The molecule has 0 aromatic carbocycles. The fourth-order valence-electron chi connectivity index (χ4n) is 5.47. The molecule has 11 nitrogen and oxygen atoms in total. The van der Waals surface area contributed by atoms with Crippen LogP contribution in [-0.4, -0.2) is 71.6 Å². The predicted octanol–water partition coefficient (Wildman–Crippen LogP) is 2.86. The lowest BCUT2D eigenvalue weighted by molar-refractivity contribution is -0.136. The molecular weight excluding hydrogens is 468 g/mol. The highest BCUT2D eigenvalue weighted by Crippen LogP contribution is 2.47. The molecule has 0 aliphatic carbocycles. The molecule has 1 atom stereocenters. The molecule has 1 saturated heterocycles. The van der Waals surface area contributed by atoms with E-state index in [4.69, 9.17) is 4.98 Å². The molecule has 0 radical (unpaired) electrons. The zero-order chi connectivity index (χ0) is 25.9.